The highest BCUT2D eigenvalue weighted by atomic mass is 32.2. The number of thioether (sulfide) groups is 1. The van der Waals surface area contributed by atoms with Crippen LogP contribution in [0.4, 0.5) is 0 Å². The molecule has 1 saturated heterocycles. The van der Waals surface area contributed by atoms with Gasteiger partial charge in [-0.05, 0) is 37.7 Å². The summed E-state index contributed by atoms with van der Waals surface area (Å²) in [6.45, 7) is 10.4. The minimum Gasteiger partial charge on any atom is -0.342 e. The topological polar surface area (TPSA) is 49.4 Å². The Morgan fingerprint density at radius 1 is 1.37 bits per heavy atom. The zero-order valence-electron chi connectivity index (χ0n) is 12.7. The summed E-state index contributed by atoms with van der Waals surface area (Å²) in [6.07, 6.45) is 0.936. The van der Waals surface area contributed by atoms with Crippen molar-refractivity contribution in [2.45, 2.75) is 52.6 Å². The van der Waals surface area contributed by atoms with E-state index in [4.69, 9.17) is 0 Å². The van der Waals surface area contributed by atoms with Gasteiger partial charge in [-0.25, -0.2) is 0 Å². The van der Waals surface area contributed by atoms with Crippen LogP contribution < -0.4 is 5.32 Å². The van der Waals surface area contributed by atoms with E-state index in [1.165, 1.54) is 0 Å². The van der Waals surface area contributed by atoms with Gasteiger partial charge in [-0.15, -0.1) is 0 Å². The van der Waals surface area contributed by atoms with Crippen molar-refractivity contribution in [3.05, 3.63) is 0 Å². The second kappa shape index (κ2) is 6.64. The minimum absolute atomic E-state index is 0.0473. The summed E-state index contributed by atoms with van der Waals surface area (Å²) in [5.74, 6) is 2.26. The molecule has 1 aliphatic heterocycles. The highest BCUT2D eigenvalue weighted by Gasteiger charge is 2.46. The molecule has 0 saturated carbocycles. The van der Waals surface area contributed by atoms with Crippen molar-refractivity contribution in [2.75, 3.05) is 18.1 Å². The summed E-state index contributed by atoms with van der Waals surface area (Å²) in [5, 5.41) is 2.85. The summed E-state index contributed by atoms with van der Waals surface area (Å²) >= 11 is 1.87. The number of carbonyl (C=O) groups excluding carboxylic acids is 2. The lowest BCUT2D eigenvalue weighted by molar-refractivity contribution is -0.156. The molecule has 0 aliphatic carbocycles. The molecule has 2 amide bonds. The van der Waals surface area contributed by atoms with Gasteiger partial charge in [0.05, 0.1) is 0 Å². The number of nitrogens with one attached hydrogen (secondary N) is 1. The molecule has 5 heteroatoms. The van der Waals surface area contributed by atoms with Gasteiger partial charge in [0.2, 0.25) is 11.8 Å². The lowest BCUT2D eigenvalue weighted by Crippen LogP contribution is -2.69. The fourth-order valence-electron chi connectivity index (χ4n) is 2.26. The van der Waals surface area contributed by atoms with Crippen molar-refractivity contribution in [1.82, 2.24) is 10.2 Å². The fraction of sp³-hybridized carbons (Fsp3) is 0.857. The molecule has 0 aromatic carbocycles. The maximum atomic E-state index is 12.5. The van der Waals surface area contributed by atoms with Crippen LogP contribution in [0.15, 0.2) is 0 Å². The van der Waals surface area contributed by atoms with Crippen molar-refractivity contribution in [1.29, 1.82) is 0 Å². The molecule has 19 heavy (non-hydrogen) atoms. The first-order valence-corrected chi connectivity index (χ1v) is 8.18. The number of piperazine rings is 1. The molecule has 1 aliphatic rings. The lowest BCUT2D eigenvalue weighted by atomic mass is 9.91. The Morgan fingerprint density at radius 2 is 2.00 bits per heavy atom. The van der Waals surface area contributed by atoms with Crippen molar-refractivity contribution in [3.8, 4) is 0 Å². The largest absolute Gasteiger partial charge is 0.342 e. The van der Waals surface area contributed by atoms with E-state index in [0.717, 1.165) is 17.9 Å². The van der Waals surface area contributed by atoms with Gasteiger partial charge in [0.25, 0.3) is 0 Å². The van der Waals surface area contributed by atoms with Crippen LogP contribution in [0.2, 0.25) is 0 Å². The molecular formula is C14H26N2O2S. The van der Waals surface area contributed by atoms with Crippen molar-refractivity contribution >= 4 is 23.6 Å². The van der Waals surface area contributed by atoms with E-state index in [-0.39, 0.29) is 23.8 Å². The smallest absolute Gasteiger partial charge is 0.246 e. The van der Waals surface area contributed by atoms with Crippen molar-refractivity contribution in [2.24, 2.45) is 5.92 Å². The molecule has 1 unspecified atom stereocenters. The molecule has 1 heterocycles. The predicted molar refractivity (Wildman–Crippen MR) is 80.2 cm³/mol. The van der Waals surface area contributed by atoms with Gasteiger partial charge < -0.3 is 10.2 Å². The average molecular weight is 286 g/mol. The van der Waals surface area contributed by atoms with Crippen LogP contribution in [0.3, 0.4) is 0 Å². The fourth-order valence-corrected chi connectivity index (χ4v) is 2.88. The number of hydrogen-bond donors (Lipinski definition) is 1. The summed E-state index contributed by atoms with van der Waals surface area (Å²) in [7, 11) is 0. The van der Waals surface area contributed by atoms with E-state index < -0.39 is 5.54 Å². The molecule has 0 aromatic rings. The molecule has 0 radical (unpaired) electrons. The van der Waals surface area contributed by atoms with E-state index in [0.29, 0.717) is 6.54 Å². The molecule has 0 bridgehead atoms. The van der Waals surface area contributed by atoms with Crippen LogP contribution in [0, 0.1) is 5.92 Å². The van der Waals surface area contributed by atoms with Gasteiger partial charge in [-0.2, -0.15) is 11.8 Å². The van der Waals surface area contributed by atoms with E-state index in [1.807, 2.05) is 39.5 Å². The summed E-state index contributed by atoms with van der Waals surface area (Å²) in [4.78, 5) is 26.4. The van der Waals surface area contributed by atoms with Crippen molar-refractivity contribution in [3.63, 3.8) is 0 Å². The first-order chi connectivity index (χ1) is 8.82. The van der Waals surface area contributed by atoms with Crippen LogP contribution in [-0.4, -0.2) is 46.3 Å². The molecule has 1 N–H and O–H groups in total. The van der Waals surface area contributed by atoms with Crippen LogP contribution in [0.5, 0.6) is 0 Å². The van der Waals surface area contributed by atoms with Gasteiger partial charge >= 0.3 is 0 Å². The van der Waals surface area contributed by atoms with E-state index in [2.05, 4.69) is 12.2 Å². The quantitative estimate of drug-likeness (QED) is 0.759. The second-order valence-corrected chi connectivity index (χ2v) is 7.19. The molecule has 4 nitrogen and oxygen atoms in total. The van der Waals surface area contributed by atoms with Crippen LogP contribution in [-0.2, 0) is 9.59 Å². The Kier molecular flexibility index (Phi) is 5.71. The zero-order valence-corrected chi connectivity index (χ0v) is 13.5. The van der Waals surface area contributed by atoms with Crippen molar-refractivity contribution < 1.29 is 9.59 Å². The standard InChI is InChI=1S/C14H26N2O2S/c1-6-19-9-7-8-16-12(17)11(10(2)3)15-13(18)14(16,4)5/h10-11H,6-9H2,1-5H3,(H,15,18). The van der Waals surface area contributed by atoms with Gasteiger partial charge in [-0.1, -0.05) is 20.8 Å². The first kappa shape index (κ1) is 16.3. The molecule has 1 rings (SSSR count). The number of carbonyl (C=O) groups is 2. The minimum atomic E-state index is -0.737. The maximum Gasteiger partial charge on any atom is 0.246 e. The molecule has 110 valence electrons. The third kappa shape index (κ3) is 3.65. The van der Waals surface area contributed by atoms with E-state index in [1.54, 1.807) is 4.90 Å². The monoisotopic (exact) mass is 286 g/mol. The maximum absolute atomic E-state index is 12.5. The van der Waals surface area contributed by atoms with Crippen LogP contribution in [0.25, 0.3) is 0 Å². The number of nitrogens with zero attached hydrogens (tertiary/aromatic N) is 1. The third-order valence-electron chi connectivity index (χ3n) is 3.59. The lowest BCUT2D eigenvalue weighted by Gasteiger charge is -2.45. The van der Waals surface area contributed by atoms with Crippen LogP contribution >= 0.6 is 11.8 Å². The highest BCUT2D eigenvalue weighted by molar-refractivity contribution is 7.99. The summed E-state index contributed by atoms with van der Waals surface area (Å²) in [6, 6.07) is -0.376. The first-order valence-electron chi connectivity index (χ1n) is 7.02. The Hall–Kier alpha value is -0.710. The number of amides is 2. The Bertz CT molecular complexity index is 342. The third-order valence-corrected chi connectivity index (χ3v) is 4.58. The van der Waals surface area contributed by atoms with Gasteiger partial charge in [-0.3, -0.25) is 9.59 Å². The van der Waals surface area contributed by atoms with Gasteiger partial charge in [0.15, 0.2) is 0 Å². The highest BCUT2D eigenvalue weighted by Crippen LogP contribution is 2.24. The van der Waals surface area contributed by atoms with Crippen LogP contribution in [0.1, 0.15) is 41.0 Å². The zero-order chi connectivity index (χ0) is 14.6. The average Bonchev–Trinajstić information content (AvgIpc) is 2.32. The molecular weight excluding hydrogens is 260 g/mol. The van der Waals surface area contributed by atoms with E-state index >= 15 is 0 Å². The molecule has 1 atom stereocenters. The Balaban J connectivity index is 2.76. The molecule has 0 aromatic heterocycles. The Labute approximate surface area is 120 Å². The number of hydrogen-bond acceptors (Lipinski definition) is 3. The van der Waals surface area contributed by atoms with Gasteiger partial charge in [0, 0.05) is 6.54 Å². The second-order valence-electron chi connectivity index (χ2n) is 5.79. The molecule has 0 spiro atoms. The Morgan fingerprint density at radius 3 is 2.53 bits per heavy atom. The normalized spacial score (nSPS) is 22.8. The van der Waals surface area contributed by atoms with E-state index in [9.17, 15) is 9.59 Å². The van der Waals surface area contributed by atoms with Gasteiger partial charge in [0.1, 0.15) is 11.6 Å². The SMILES string of the molecule is CCSCCCN1C(=O)C(C(C)C)NC(=O)C1(C)C. The summed E-state index contributed by atoms with van der Waals surface area (Å²) in [5.41, 5.74) is -0.737. The predicted octanol–water partition coefficient (Wildman–Crippen LogP) is 1.89. The molecule has 1 fully saturated rings. The summed E-state index contributed by atoms with van der Waals surface area (Å²) < 4.78 is 0. The number of rotatable bonds is 6.